The maximum Gasteiger partial charge on any atom is 0.339 e. The highest BCUT2D eigenvalue weighted by molar-refractivity contribution is 5.98. The van der Waals surface area contributed by atoms with E-state index in [4.69, 9.17) is 10.5 Å². The molecule has 0 aromatic heterocycles. The van der Waals surface area contributed by atoms with Gasteiger partial charge >= 0.3 is 12.0 Å². The molecule has 0 unspecified atom stereocenters. The van der Waals surface area contributed by atoms with Gasteiger partial charge in [-0.15, -0.1) is 0 Å². The fraction of sp³-hybridized carbons (Fsp3) is 0.526. The van der Waals surface area contributed by atoms with Crippen LogP contribution in [0, 0.1) is 5.92 Å². The van der Waals surface area contributed by atoms with Gasteiger partial charge in [0.25, 0.3) is 5.91 Å². The van der Waals surface area contributed by atoms with Gasteiger partial charge in [-0.2, -0.15) is 0 Å². The minimum atomic E-state index is -1.09. The molecule has 0 saturated carbocycles. The number of ether oxygens (including phenoxy) is 1. The number of primary amides is 1. The number of carbonyl (C=O) groups excluding carboxylic acids is 3. The van der Waals surface area contributed by atoms with Gasteiger partial charge in [0.15, 0.2) is 6.10 Å². The molecule has 0 saturated heterocycles. The summed E-state index contributed by atoms with van der Waals surface area (Å²) in [5.74, 6) is -1.15. The predicted molar refractivity (Wildman–Crippen MR) is 96.4 cm³/mol. The van der Waals surface area contributed by atoms with Crippen molar-refractivity contribution in [1.82, 2.24) is 5.32 Å². The summed E-state index contributed by atoms with van der Waals surface area (Å²) in [6.45, 7) is 11.6. The average Bonchev–Trinajstić information content (AvgIpc) is 2.50. The Labute approximate surface area is 149 Å². The van der Waals surface area contributed by atoms with Crippen LogP contribution in [0.1, 0.15) is 74.9 Å². The van der Waals surface area contributed by atoms with E-state index in [-0.39, 0.29) is 11.8 Å². The smallest absolute Gasteiger partial charge is 0.339 e. The van der Waals surface area contributed by atoms with Crippen molar-refractivity contribution >= 4 is 17.9 Å². The summed E-state index contributed by atoms with van der Waals surface area (Å²) in [7, 11) is 0. The van der Waals surface area contributed by atoms with E-state index in [1.165, 1.54) is 0 Å². The fourth-order valence-corrected chi connectivity index (χ4v) is 2.47. The van der Waals surface area contributed by atoms with Crippen LogP contribution < -0.4 is 11.1 Å². The number of rotatable bonds is 6. The van der Waals surface area contributed by atoms with Crippen LogP contribution in [-0.2, 0) is 9.53 Å². The molecule has 0 bridgehead atoms. The van der Waals surface area contributed by atoms with Crippen LogP contribution in [0.15, 0.2) is 18.2 Å². The van der Waals surface area contributed by atoms with E-state index >= 15 is 0 Å². The van der Waals surface area contributed by atoms with E-state index in [0.717, 1.165) is 11.1 Å². The maximum atomic E-state index is 12.6. The zero-order valence-corrected chi connectivity index (χ0v) is 15.8. The number of esters is 1. The Morgan fingerprint density at radius 2 is 1.60 bits per heavy atom. The molecule has 0 aliphatic rings. The first kappa shape index (κ1) is 20.7. The van der Waals surface area contributed by atoms with E-state index < -0.39 is 24.0 Å². The van der Waals surface area contributed by atoms with E-state index in [1.54, 1.807) is 19.9 Å². The predicted octanol–water partition coefficient (Wildman–Crippen LogP) is 3.31. The Morgan fingerprint density at radius 3 is 2.04 bits per heavy atom. The molecule has 6 nitrogen and oxygen atoms in total. The van der Waals surface area contributed by atoms with Crippen molar-refractivity contribution in [3.8, 4) is 0 Å². The minimum Gasteiger partial charge on any atom is -0.448 e. The van der Waals surface area contributed by atoms with Crippen LogP contribution in [0.5, 0.6) is 0 Å². The molecular formula is C19H28N2O4. The van der Waals surface area contributed by atoms with E-state index in [0.29, 0.717) is 11.5 Å². The van der Waals surface area contributed by atoms with Crippen molar-refractivity contribution < 1.29 is 19.1 Å². The molecule has 3 amide bonds. The molecule has 138 valence electrons. The number of hydrogen-bond acceptors (Lipinski definition) is 4. The number of amides is 3. The minimum absolute atomic E-state index is 0.123. The molecule has 6 heteroatoms. The molecule has 25 heavy (non-hydrogen) atoms. The van der Waals surface area contributed by atoms with Gasteiger partial charge in [0.2, 0.25) is 0 Å². The topological polar surface area (TPSA) is 98.5 Å². The third kappa shape index (κ3) is 5.59. The van der Waals surface area contributed by atoms with E-state index in [9.17, 15) is 14.4 Å². The highest BCUT2D eigenvalue weighted by Gasteiger charge is 2.29. The summed E-state index contributed by atoms with van der Waals surface area (Å²) in [6, 6.07) is 4.65. The van der Waals surface area contributed by atoms with Gasteiger partial charge in [-0.05, 0) is 34.9 Å². The molecule has 1 aromatic carbocycles. The molecular weight excluding hydrogens is 320 g/mol. The number of hydrogen-bond donors (Lipinski definition) is 2. The van der Waals surface area contributed by atoms with Crippen molar-refractivity contribution in [2.75, 3.05) is 0 Å². The monoisotopic (exact) mass is 348 g/mol. The number of benzene rings is 1. The number of urea groups is 1. The molecule has 0 aliphatic carbocycles. The third-order valence-electron chi connectivity index (χ3n) is 3.93. The number of imide groups is 1. The number of nitrogens with two attached hydrogens (primary N) is 1. The van der Waals surface area contributed by atoms with Crippen molar-refractivity contribution in [3.63, 3.8) is 0 Å². The highest BCUT2D eigenvalue weighted by Crippen LogP contribution is 2.26. The zero-order chi connectivity index (χ0) is 19.3. The van der Waals surface area contributed by atoms with E-state index in [2.05, 4.69) is 13.8 Å². The van der Waals surface area contributed by atoms with Crippen molar-refractivity contribution in [2.45, 2.75) is 59.5 Å². The molecule has 0 radical (unpaired) electrons. The van der Waals surface area contributed by atoms with Gasteiger partial charge in [-0.25, -0.2) is 9.59 Å². The highest BCUT2D eigenvalue weighted by atomic mass is 16.5. The zero-order valence-electron chi connectivity index (χ0n) is 15.8. The lowest BCUT2D eigenvalue weighted by Crippen LogP contribution is -2.45. The van der Waals surface area contributed by atoms with Gasteiger partial charge in [0.05, 0.1) is 5.56 Å². The van der Waals surface area contributed by atoms with Crippen LogP contribution >= 0.6 is 0 Å². The SMILES string of the molecule is CC(C)c1ccc(C(=O)O[C@H](C(=O)NC(N)=O)C(C)C)c(C(C)C)c1. The van der Waals surface area contributed by atoms with Crippen LogP contribution in [0.25, 0.3) is 0 Å². The number of nitrogens with one attached hydrogen (secondary N) is 1. The summed E-state index contributed by atoms with van der Waals surface area (Å²) < 4.78 is 5.39. The summed E-state index contributed by atoms with van der Waals surface area (Å²) in [6.07, 6.45) is -1.09. The van der Waals surface area contributed by atoms with Gasteiger partial charge < -0.3 is 10.5 Å². The lowest BCUT2D eigenvalue weighted by atomic mass is 9.91. The summed E-state index contributed by atoms with van der Waals surface area (Å²) in [5.41, 5.74) is 7.40. The standard InChI is InChI=1S/C19H28N2O4/c1-10(2)13-7-8-14(15(9-13)11(3)4)18(23)25-16(12(5)6)17(22)21-19(20)24/h7-12,16H,1-6H3,(H3,20,21,22,24)/t16-/m0/s1. The van der Waals surface area contributed by atoms with Gasteiger partial charge in [-0.1, -0.05) is 53.7 Å². The van der Waals surface area contributed by atoms with Gasteiger partial charge in [-0.3, -0.25) is 10.1 Å². The average molecular weight is 348 g/mol. The van der Waals surface area contributed by atoms with Crippen molar-refractivity contribution in [2.24, 2.45) is 11.7 Å². The molecule has 0 heterocycles. The van der Waals surface area contributed by atoms with Crippen LogP contribution in [0.2, 0.25) is 0 Å². The first-order chi connectivity index (χ1) is 11.5. The number of carbonyl (C=O) groups is 3. The second-order valence-electron chi connectivity index (χ2n) is 7.08. The first-order valence-electron chi connectivity index (χ1n) is 8.49. The van der Waals surface area contributed by atoms with Gasteiger partial charge in [0.1, 0.15) is 0 Å². The summed E-state index contributed by atoms with van der Waals surface area (Å²) in [4.78, 5) is 35.6. The van der Waals surface area contributed by atoms with Crippen LogP contribution in [0.3, 0.4) is 0 Å². The Morgan fingerprint density at radius 1 is 1.00 bits per heavy atom. The lowest BCUT2D eigenvalue weighted by molar-refractivity contribution is -0.130. The molecule has 1 aromatic rings. The Kier molecular flexibility index (Phi) is 7.15. The third-order valence-corrected chi connectivity index (χ3v) is 3.93. The van der Waals surface area contributed by atoms with E-state index in [1.807, 2.05) is 31.3 Å². The van der Waals surface area contributed by atoms with Crippen molar-refractivity contribution in [1.29, 1.82) is 0 Å². The molecule has 0 aliphatic heterocycles. The quantitative estimate of drug-likeness (QED) is 0.771. The molecule has 1 atom stereocenters. The second kappa shape index (κ2) is 8.65. The van der Waals surface area contributed by atoms with Crippen LogP contribution in [0.4, 0.5) is 4.79 Å². The molecule has 0 fully saturated rings. The molecule has 3 N–H and O–H groups in total. The normalized spacial score (nSPS) is 12.4. The largest absolute Gasteiger partial charge is 0.448 e. The van der Waals surface area contributed by atoms with Crippen molar-refractivity contribution in [3.05, 3.63) is 34.9 Å². The summed E-state index contributed by atoms with van der Waals surface area (Å²) in [5, 5.41) is 1.97. The lowest BCUT2D eigenvalue weighted by Gasteiger charge is -2.21. The Hall–Kier alpha value is -2.37. The summed E-state index contributed by atoms with van der Waals surface area (Å²) >= 11 is 0. The van der Waals surface area contributed by atoms with Crippen LogP contribution in [-0.4, -0.2) is 24.0 Å². The Bertz CT molecular complexity index is 651. The Balaban J connectivity index is 3.12. The molecule has 0 spiro atoms. The van der Waals surface area contributed by atoms with Gasteiger partial charge in [0, 0.05) is 0 Å². The first-order valence-corrected chi connectivity index (χ1v) is 8.49. The maximum absolute atomic E-state index is 12.6. The molecule has 1 rings (SSSR count). The second-order valence-corrected chi connectivity index (χ2v) is 7.08. The fourth-order valence-electron chi connectivity index (χ4n) is 2.47.